The second-order valence-electron chi connectivity index (χ2n) is 3.72. The Morgan fingerprint density at radius 2 is 2.00 bits per heavy atom. The van der Waals surface area contributed by atoms with E-state index < -0.39 is 0 Å². The van der Waals surface area contributed by atoms with Crippen molar-refractivity contribution >= 4 is 0 Å². The molecule has 0 radical (unpaired) electrons. The van der Waals surface area contributed by atoms with E-state index in [2.05, 4.69) is 30.3 Å². The lowest BCUT2D eigenvalue weighted by molar-refractivity contribution is 0.149. The summed E-state index contributed by atoms with van der Waals surface area (Å²) in [6.45, 7) is 0.985. The molecule has 1 saturated heterocycles. The summed E-state index contributed by atoms with van der Waals surface area (Å²) in [6.07, 6.45) is 1.83. The molecule has 1 heteroatoms. The molecular formula is C11H12O. The van der Waals surface area contributed by atoms with Gasteiger partial charge in [-0.1, -0.05) is 30.3 Å². The second kappa shape index (κ2) is 2.33. The molecule has 0 unspecified atom stereocenters. The Morgan fingerprint density at radius 1 is 1.17 bits per heavy atom. The Labute approximate surface area is 72.4 Å². The van der Waals surface area contributed by atoms with Crippen molar-refractivity contribution in [3.63, 3.8) is 0 Å². The first-order valence-corrected chi connectivity index (χ1v) is 4.63. The van der Waals surface area contributed by atoms with Gasteiger partial charge in [0.15, 0.2) is 0 Å². The van der Waals surface area contributed by atoms with E-state index in [0.29, 0.717) is 6.10 Å². The summed E-state index contributed by atoms with van der Waals surface area (Å²) in [6, 6.07) is 10.7. The van der Waals surface area contributed by atoms with Crippen LogP contribution in [0.2, 0.25) is 0 Å². The number of hydrogen-bond donors (Lipinski definition) is 0. The number of rotatable bonds is 1. The fourth-order valence-electron chi connectivity index (χ4n) is 2.37. The van der Waals surface area contributed by atoms with Gasteiger partial charge in [0.25, 0.3) is 0 Å². The molecule has 0 spiro atoms. The lowest BCUT2D eigenvalue weighted by Crippen LogP contribution is -1.95. The minimum atomic E-state index is 0.562. The van der Waals surface area contributed by atoms with Gasteiger partial charge in [0.1, 0.15) is 0 Å². The molecular weight excluding hydrogens is 148 g/mol. The Balaban J connectivity index is 1.85. The zero-order valence-electron chi connectivity index (χ0n) is 6.94. The number of hydrogen-bond acceptors (Lipinski definition) is 1. The van der Waals surface area contributed by atoms with Crippen molar-refractivity contribution in [2.45, 2.75) is 18.4 Å². The Hall–Kier alpha value is -0.820. The highest BCUT2D eigenvalue weighted by atomic mass is 16.5. The Bertz CT molecular complexity index is 270. The molecule has 1 aliphatic heterocycles. The highest BCUT2D eigenvalue weighted by Gasteiger charge is 2.54. The molecule has 0 amide bonds. The average molecular weight is 160 g/mol. The first-order chi connectivity index (χ1) is 5.97. The van der Waals surface area contributed by atoms with Crippen molar-refractivity contribution < 1.29 is 4.74 Å². The van der Waals surface area contributed by atoms with E-state index in [-0.39, 0.29) is 0 Å². The van der Waals surface area contributed by atoms with Crippen LogP contribution in [-0.2, 0) is 4.74 Å². The van der Waals surface area contributed by atoms with Gasteiger partial charge in [-0.05, 0) is 17.9 Å². The quantitative estimate of drug-likeness (QED) is 0.612. The van der Waals surface area contributed by atoms with Gasteiger partial charge in [0.05, 0.1) is 6.10 Å². The van der Waals surface area contributed by atoms with Gasteiger partial charge in [-0.25, -0.2) is 0 Å². The summed E-state index contributed by atoms with van der Waals surface area (Å²) < 4.78 is 5.59. The van der Waals surface area contributed by atoms with Crippen LogP contribution in [0.1, 0.15) is 17.9 Å². The van der Waals surface area contributed by atoms with E-state index in [1.165, 1.54) is 12.0 Å². The third kappa shape index (κ3) is 0.831. The molecule has 1 heterocycles. The van der Waals surface area contributed by atoms with Crippen molar-refractivity contribution in [3.8, 4) is 0 Å². The van der Waals surface area contributed by atoms with Gasteiger partial charge in [0.2, 0.25) is 0 Å². The van der Waals surface area contributed by atoms with Crippen molar-refractivity contribution in [2.24, 2.45) is 5.92 Å². The standard InChI is InChI=1S/C11H12O/c1-2-4-8(5-3-1)10-9-6-7-12-11(9)10/h1-5,9-11H,6-7H2/t9-,10-,11-/m0/s1. The van der Waals surface area contributed by atoms with Gasteiger partial charge in [0, 0.05) is 12.5 Å². The van der Waals surface area contributed by atoms with Crippen molar-refractivity contribution in [3.05, 3.63) is 35.9 Å². The highest BCUT2D eigenvalue weighted by Crippen LogP contribution is 2.55. The molecule has 0 bridgehead atoms. The van der Waals surface area contributed by atoms with Gasteiger partial charge in [-0.3, -0.25) is 0 Å². The van der Waals surface area contributed by atoms with Crippen LogP contribution >= 0.6 is 0 Å². The van der Waals surface area contributed by atoms with Gasteiger partial charge < -0.3 is 4.74 Å². The van der Waals surface area contributed by atoms with E-state index >= 15 is 0 Å². The van der Waals surface area contributed by atoms with Crippen LogP contribution in [0.3, 0.4) is 0 Å². The number of fused-ring (bicyclic) bond motifs is 1. The van der Waals surface area contributed by atoms with Crippen LogP contribution in [0, 0.1) is 5.92 Å². The predicted molar refractivity (Wildman–Crippen MR) is 47.0 cm³/mol. The largest absolute Gasteiger partial charge is 0.377 e. The minimum Gasteiger partial charge on any atom is -0.377 e. The van der Waals surface area contributed by atoms with Gasteiger partial charge in [-0.15, -0.1) is 0 Å². The van der Waals surface area contributed by atoms with Crippen LogP contribution < -0.4 is 0 Å². The van der Waals surface area contributed by atoms with Crippen LogP contribution in [0.25, 0.3) is 0 Å². The maximum Gasteiger partial charge on any atom is 0.0683 e. The summed E-state index contributed by atoms with van der Waals surface area (Å²) in [5.74, 6) is 1.56. The average Bonchev–Trinajstić information content (AvgIpc) is 2.62. The topological polar surface area (TPSA) is 9.23 Å². The van der Waals surface area contributed by atoms with E-state index in [4.69, 9.17) is 4.74 Å². The van der Waals surface area contributed by atoms with E-state index in [1.807, 2.05) is 0 Å². The van der Waals surface area contributed by atoms with Crippen LogP contribution in [-0.4, -0.2) is 12.7 Å². The molecule has 1 saturated carbocycles. The zero-order chi connectivity index (χ0) is 7.97. The Kier molecular flexibility index (Phi) is 1.30. The molecule has 1 aromatic carbocycles. The van der Waals surface area contributed by atoms with Crippen LogP contribution in [0.4, 0.5) is 0 Å². The zero-order valence-corrected chi connectivity index (χ0v) is 6.94. The minimum absolute atomic E-state index is 0.562. The monoisotopic (exact) mass is 160 g/mol. The molecule has 62 valence electrons. The third-order valence-corrected chi connectivity index (χ3v) is 3.04. The molecule has 2 aliphatic rings. The van der Waals surface area contributed by atoms with E-state index in [9.17, 15) is 0 Å². The predicted octanol–water partition coefficient (Wildman–Crippen LogP) is 2.19. The Morgan fingerprint density at radius 3 is 2.67 bits per heavy atom. The maximum atomic E-state index is 5.59. The third-order valence-electron chi connectivity index (χ3n) is 3.04. The molecule has 0 aromatic heterocycles. The molecule has 1 aliphatic carbocycles. The first-order valence-electron chi connectivity index (χ1n) is 4.63. The molecule has 1 nitrogen and oxygen atoms in total. The highest BCUT2D eigenvalue weighted by molar-refractivity contribution is 5.30. The molecule has 3 rings (SSSR count). The fourth-order valence-corrected chi connectivity index (χ4v) is 2.37. The lowest BCUT2D eigenvalue weighted by atomic mass is 10.1. The van der Waals surface area contributed by atoms with Crippen molar-refractivity contribution in [1.29, 1.82) is 0 Å². The molecule has 1 aromatic rings. The normalized spacial score (nSPS) is 37.8. The van der Waals surface area contributed by atoms with Crippen molar-refractivity contribution in [1.82, 2.24) is 0 Å². The summed E-state index contributed by atoms with van der Waals surface area (Å²) in [5, 5.41) is 0. The molecule has 12 heavy (non-hydrogen) atoms. The SMILES string of the molecule is c1ccc([C@H]2[C@@H]3CCO[C@@H]32)cc1. The summed E-state index contributed by atoms with van der Waals surface area (Å²) >= 11 is 0. The number of benzene rings is 1. The van der Waals surface area contributed by atoms with E-state index in [1.54, 1.807) is 0 Å². The first kappa shape index (κ1) is 6.67. The summed E-state index contributed by atoms with van der Waals surface area (Å²) in [7, 11) is 0. The number of ether oxygens (including phenoxy) is 1. The molecule has 3 atom stereocenters. The van der Waals surface area contributed by atoms with Crippen molar-refractivity contribution in [2.75, 3.05) is 6.61 Å². The van der Waals surface area contributed by atoms with Crippen LogP contribution in [0.15, 0.2) is 30.3 Å². The maximum absolute atomic E-state index is 5.59. The summed E-state index contributed by atoms with van der Waals surface area (Å²) in [4.78, 5) is 0. The smallest absolute Gasteiger partial charge is 0.0683 e. The molecule has 2 fully saturated rings. The van der Waals surface area contributed by atoms with Gasteiger partial charge in [-0.2, -0.15) is 0 Å². The second-order valence-corrected chi connectivity index (χ2v) is 3.72. The lowest BCUT2D eigenvalue weighted by Gasteiger charge is -2.02. The van der Waals surface area contributed by atoms with E-state index in [0.717, 1.165) is 18.4 Å². The molecule has 0 N–H and O–H groups in total. The summed E-state index contributed by atoms with van der Waals surface area (Å²) in [5.41, 5.74) is 1.47. The fraction of sp³-hybridized carbons (Fsp3) is 0.455. The van der Waals surface area contributed by atoms with Gasteiger partial charge >= 0.3 is 0 Å². The van der Waals surface area contributed by atoms with Crippen LogP contribution in [0.5, 0.6) is 0 Å².